The molecule has 1 aromatic carbocycles. The third kappa shape index (κ3) is 4.85. The van der Waals surface area contributed by atoms with Gasteiger partial charge in [-0.05, 0) is 17.7 Å². The zero-order valence-electron chi connectivity index (χ0n) is 16.4. The molecule has 6 heteroatoms. The van der Waals surface area contributed by atoms with Crippen molar-refractivity contribution in [3.8, 4) is 22.6 Å². The summed E-state index contributed by atoms with van der Waals surface area (Å²) in [7, 11) is 0. The molecule has 1 aliphatic heterocycles. The van der Waals surface area contributed by atoms with E-state index in [2.05, 4.69) is 43.5 Å². The van der Waals surface area contributed by atoms with Crippen molar-refractivity contribution >= 4 is 0 Å². The third-order valence-electron chi connectivity index (χ3n) is 5.18. The Labute approximate surface area is 170 Å². The summed E-state index contributed by atoms with van der Waals surface area (Å²) in [5.41, 5.74) is 3.43. The molecule has 0 saturated carbocycles. The van der Waals surface area contributed by atoms with Crippen molar-refractivity contribution in [3.63, 3.8) is 0 Å². The summed E-state index contributed by atoms with van der Waals surface area (Å²) < 4.78 is 0. The Hall–Kier alpha value is -3.09. The van der Waals surface area contributed by atoms with Gasteiger partial charge in [-0.25, -0.2) is 4.98 Å². The van der Waals surface area contributed by atoms with E-state index in [1.54, 1.807) is 12.4 Å². The SMILES string of the molecule is C=CCN1CCN(Cc2ccc(-c3nc(-c4cccnc4)cc(=O)[nH]3)cc2)CC1. The van der Waals surface area contributed by atoms with E-state index in [1.165, 1.54) is 11.6 Å². The van der Waals surface area contributed by atoms with E-state index in [4.69, 9.17) is 0 Å². The van der Waals surface area contributed by atoms with Crippen LogP contribution in [0, 0.1) is 0 Å². The molecule has 4 rings (SSSR count). The molecule has 0 aliphatic carbocycles. The van der Waals surface area contributed by atoms with Gasteiger partial charge in [0, 0.05) is 68.9 Å². The van der Waals surface area contributed by atoms with Gasteiger partial charge in [-0.15, -0.1) is 6.58 Å². The molecule has 0 spiro atoms. The van der Waals surface area contributed by atoms with Crippen molar-refractivity contribution in [1.82, 2.24) is 24.8 Å². The Balaban J connectivity index is 1.46. The monoisotopic (exact) mass is 387 g/mol. The van der Waals surface area contributed by atoms with E-state index in [-0.39, 0.29) is 5.56 Å². The van der Waals surface area contributed by atoms with Gasteiger partial charge >= 0.3 is 0 Å². The largest absolute Gasteiger partial charge is 0.306 e. The van der Waals surface area contributed by atoms with Gasteiger partial charge in [0.2, 0.25) is 0 Å². The zero-order chi connectivity index (χ0) is 20.1. The Bertz CT molecular complexity index is 1010. The molecular formula is C23H25N5O. The Kier molecular flexibility index (Phi) is 5.93. The van der Waals surface area contributed by atoms with Crippen LogP contribution in [0.4, 0.5) is 0 Å². The summed E-state index contributed by atoms with van der Waals surface area (Å²) in [6.07, 6.45) is 5.38. The van der Waals surface area contributed by atoms with Gasteiger partial charge in [-0.2, -0.15) is 0 Å². The average Bonchev–Trinajstić information content (AvgIpc) is 2.76. The van der Waals surface area contributed by atoms with Gasteiger partial charge < -0.3 is 4.98 Å². The van der Waals surface area contributed by atoms with Crippen LogP contribution in [0.3, 0.4) is 0 Å². The molecule has 3 heterocycles. The average molecular weight is 387 g/mol. The molecule has 29 heavy (non-hydrogen) atoms. The standard InChI is InChI=1S/C23H25N5O/c1-2-10-27-11-13-28(14-12-27)17-18-5-7-19(8-6-18)23-25-21(15-22(29)26-23)20-4-3-9-24-16-20/h2-9,15-16H,1,10-14,17H2,(H,25,26,29). The lowest BCUT2D eigenvalue weighted by molar-refractivity contribution is 0.137. The normalized spacial score (nSPS) is 15.3. The van der Waals surface area contributed by atoms with Crippen LogP contribution in [0.25, 0.3) is 22.6 Å². The quantitative estimate of drug-likeness (QED) is 0.659. The second-order valence-electron chi connectivity index (χ2n) is 7.28. The molecular weight excluding hydrogens is 362 g/mol. The maximum Gasteiger partial charge on any atom is 0.251 e. The highest BCUT2D eigenvalue weighted by Gasteiger charge is 2.16. The maximum atomic E-state index is 12.1. The molecule has 0 atom stereocenters. The second-order valence-corrected chi connectivity index (χ2v) is 7.28. The van der Waals surface area contributed by atoms with Crippen molar-refractivity contribution in [2.75, 3.05) is 32.7 Å². The topological polar surface area (TPSA) is 65.1 Å². The lowest BCUT2D eigenvalue weighted by Gasteiger charge is -2.34. The number of H-pyrrole nitrogens is 1. The first-order valence-corrected chi connectivity index (χ1v) is 9.88. The number of nitrogens with zero attached hydrogens (tertiary/aromatic N) is 4. The lowest BCUT2D eigenvalue weighted by atomic mass is 10.1. The number of aromatic nitrogens is 3. The molecule has 0 radical (unpaired) electrons. The fourth-order valence-electron chi connectivity index (χ4n) is 3.60. The van der Waals surface area contributed by atoms with Crippen molar-refractivity contribution in [1.29, 1.82) is 0 Å². The molecule has 3 aromatic rings. The van der Waals surface area contributed by atoms with E-state index in [1.807, 2.05) is 30.3 Å². The van der Waals surface area contributed by atoms with Crippen LogP contribution >= 0.6 is 0 Å². The van der Waals surface area contributed by atoms with Crippen LogP contribution < -0.4 is 5.56 Å². The first-order chi connectivity index (χ1) is 14.2. The molecule has 0 unspecified atom stereocenters. The summed E-state index contributed by atoms with van der Waals surface area (Å²) in [5.74, 6) is 0.570. The van der Waals surface area contributed by atoms with Gasteiger partial charge in [0.1, 0.15) is 5.82 Å². The fraction of sp³-hybridized carbons (Fsp3) is 0.261. The van der Waals surface area contributed by atoms with Crippen molar-refractivity contribution in [2.24, 2.45) is 0 Å². The maximum absolute atomic E-state index is 12.1. The van der Waals surface area contributed by atoms with E-state index in [0.717, 1.165) is 50.4 Å². The third-order valence-corrected chi connectivity index (χ3v) is 5.18. The first-order valence-electron chi connectivity index (χ1n) is 9.88. The van der Waals surface area contributed by atoms with Crippen LogP contribution in [0.5, 0.6) is 0 Å². The van der Waals surface area contributed by atoms with Crippen molar-refractivity contribution in [3.05, 3.63) is 83.4 Å². The van der Waals surface area contributed by atoms with Gasteiger partial charge in [0.15, 0.2) is 0 Å². The minimum atomic E-state index is -0.171. The predicted molar refractivity (Wildman–Crippen MR) is 115 cm³/mol. The van der Waals surface area contributed by atoms with Gasteiger partial charge in [0.25, 0.3) is 5.56 Å². The summed E-state index contributed by atoms with van der Waals surface area (Å²) in [6, 6.07) is 13.5. The Morgan fingerprint density at radius 3 is 2.48 bits per heavy atom. The minimum absolute atomic E-state index is 0.171. The second kappa shape index (κ2) is 8.94. The first kappa shape index (κ1) is 19.2. The highest BCUT2D eigenvalue weighted by Crippen LogP contribution is 2.20. The molecule has 1 aliphatic rings. The van der Waals surface area contributed by atoms with Crippen LogP contribution in [0.15, 0.2) is 72.3 Å². The number of pyridine rings is 1. The van der Waals surface area contributed by atoms with Crippen LogP contribution in [0.2, 0.25) is 0 Å². The number of aromatic amines is 1. The van der Waals surface area contributed by atoms with Crippen LogP contribution in [-0.4, -0.2) is 57.5 Å². The van der Waals surface area contributed by atoms with E-state index in [9.17, 15) is 4.79 Å². The minimum Gasteiger partial charge on any atom is -0.306 e. The number of nitrogens with one attached hydrogen (secondary N) is 1. The zero-order valence-corrected chi connectivity index (χ0v) is 16.4. The fourth-order valence-corrected chi connectivity index (χ4v) is 3.60. The predicted octanol–water partition coefficient (Wildman–Crippen LogP) is 2.80. The highest BCUT2D eigenvalue weighted by atomic mass is 16.1. The number of hydrogen-bond acceptors (Lipinski definition) is 5. The number of hydrogen-bond donors (Lipinski definition) is 1. The number of benzene rings is 1. The molecule has 1 saturated heterocycles. The Morgan fingerprint density at radius 1 is 1.03 bits per heavy atom. The molecule has 2 aromatic heterocycles. The van der Waals surface area contributed by atoms with E-state index in [0.29, 0.717) is 11.5 Å². The van der Waals surface area contributed by atoms with Gasteiger partial charge in [-0.1, -0.05) is 30.3 Å². The van der Waals surface area contributed by atoms with Gasteiger partial charge in [-0.3, -0.25) is 19.6 Å². The lowest BCUT2D eigenvalue weighted by Crippen LogP contribution is -2.45. The molecule has 1 N–H and O–H groups in total. The summed E-state index contributed by atoms with van der Waals surface area (Å²) in [4.78, 5) is 28.6. The van der Waals surface area contributed by atoms with E-state index < -0.39 is 0 Å². The summed E-state index contributed by atoms with van der Waals surface area (Å²) in [6.45, 7) is 10.0. The number of piperazine rings is 1. The van der Waals surface area contributed by atoms with Crippen LogP contribution in [0.1, 0.15) is 5.56 Å². The van der Waals surface area contributed by atoms with E-state index >= 15 is 0 Å². The molecule has 6 nitrogen and oxygen atoms in total. The summed E-state index contributed by atoms with van der Waals surface area (Å²) >= 11 is 0. The number of rotatable bonds is 6. The van der Waals surface area contributed by atoms with Crippen molar-refractivity contribution in [2.45, 2.75) is 6.54 Å². The molecule has 0 amide bonds. The molecule has 0 bridgehead atoms. The Morgan fingerprint density at radius 2 is 1.79 bits per heavy atom. The van der Waals surface area contributed by atoms with Gasteiger partial charge in [0.05, 0.1) is 5.69 Å². The van der Waals surface area contributed by atoms with Crippen molar-refractivity contribution < 1.29 is 0 Å². The highest BCUT2D eigenvalue weighted by molar-refractivity contribution is 5.62. The smallest absolute Gasteiger partial charge is 0.251 e. The molecule has 148 valence electrons. The van der Waals surface area contributed by atoms with Crippen LogP contribution in [-0.2, 0) is 6.54 Å². The molecule has 1 fully saturated rings. The summed E-state index contributed by atoms with van der Waals surface area (Å²) in [5, 5.41) is 0.